The first-order valence-electron chi connectivity index (χ1n) is 12.6. The molecule has 34 heavy (non-hydrogen) atoms. The molecule has 3 fully saturated rings. The predicted octanol–water partition coefficient (Wildman–Crippen LogP) is 3.78. The summed E-state index contributed by atoms with van der Waals surface area (Å²) in [7, 11) is 0. The van der Waals surface area contributed by atoms with Crippen LogP contribution >= 0.6 is 0 Å². The van der Waals surface area contributed by atoms with Crippen LogP contribution in [0.25, 0.3) is 0 Å². The molecule has 4 rings (SSSR count). The summed E-state index contributed by atoms with van der Waals surface area (Å²) < 4.78 is 23.3. The largest absolute Gasteiger partial charge is 0.450 e. The standard InChI is InChI=1S/C27H37FO6/c1-5-6-7-23(33)34-26(22(32)15-29)11-10-19-20-9-8-17-13-18(30)12-16(2)25(17,4)27(20,28)21(31)14-24(19,26)3/h12-13,19-21,29,31H,5-11,14-15H2,1-4H3/t19?,20?,21?,24-,25-,26-,27-/m0/s1. The van der Waals surface area contributed by atoms with Gasteiger partial charge in [0.25, 0.3) is 0 Å². The average molecular weight is 477 g/mol. The number of hydrogen-bond acceptors (Lipinski definition) is 6. The van der Waals surface area contributed by atoms with Gasteiger partial charge in [-0.3, -0.25) is 14.4 Å². The Labute approximate surface area is 200 Å². The van der Waals surface area contributed by atoms with E-state index in [4.69, 9.17) is 4.74 Å². The second-order valence-corrected chi connectivity index (χ2v) is 11.2. The lowest BCUT2D eigenvalue weighted by atomic mass is 9.43. The highest BCUT2D eigenvalue weighted by Crippen LogP contribution is 2.71. The third-order valence-electron chi connectivity index (χ3n) is 9.89. The minimum absolute atomic E-state index is 0.0679. The van der Waals surface area contributed by atoms with E-state index >= 15 is 4.39 Å². The molecular weight excluding hydrogens is 439 g/mol. The highest BCUT2D eigenvalue weighted by molar-refractivity contribution is 6.02. The number of carbonyl (C=O) groups excluding carboxylic acids is 3. The number of ketones is 2. The zero-order chi connectivity index (χ0) is 25.1. The average Bonchev–Trinajstić information content (AvgIpc) is 3.06. The number of hydrogen-bond donors (Lipinski definition) is 2. The SMILES string of the molecule is CCCCC(=O)O[C@]1(C(=O)CO)CCC2C3CCC4=CC(=O)C=C(C)[C@]4(C)[C@@]3(F)C(O)C[C@@]21C. The molecular formula is C27H37FO6. The topological polar surface area (TPSA) is 101 Å². The molecule has 7 heteroatoms. The number of rotatable bonds is 6. The van der Waals surface area contributed by atoms with Crippen molar-refractivity contribution in [3.8, 4) is 0 Å². The molecule has 0 aromatic rings. The van der Waals surface area contributed by atoms with Crippen LogP contribution in [0.15, 0.2) is 23.3 Å². The minimum Gasteiger partial charge on any atom is -0.450 e. The monoisotopic (exact) mass is 476 g/mol. The van der Waals surface area contributed by atoms with Crippen LogP contribution in [0.5, 0.6) is 0 Å². The zero-order valence-electron chi connectivity index (χ0n) is 20.7. The fraction of sp³-hybridized carbons (Fsp3) is 0.741. The van der Waals surface area contributed by atoms with E-state index in [-0.39, 0.29) is 31.0 Å². The van der Waals surface area contributed by atoms with Crippen molar-refractivity contribution >= 4 is 17.5 Å². The molecule has 0 radical (unpaired) electrons. The van der Waals surface area contributed by atoms with Crippen molar-refractivity contribution in [1.29, 1.82) is 0 Å². The molecule has 0 amide bonds. The number of Topliss-reactive ketones (excluding diaryl/α,β-unsaturated/α-hetero) is 1. The molecule has 0 saturated heterocycles. The van der Waals surface area contributed by atoms with Gasteiger partial charge in [-0.05, 0) is 70.4 Å². The van der Waals surface area contributed by atoms with Gasteiger partial charge in [-0.15, -0.1) is 0 Å². The van der Waals surface area contributed by atoms with Crippen LogP contribution in [0, 0.1) is 22.7 Å². The molecule has 4 aliphatic carbocycles. The highest BCUT2D eigenvalue weighted by atomic mass is 19.1. The number of aliphatic hydroxyl groups is 2. The third-order valence-corrected chi connectivity index (χ3v) is 9.89. The van der Waals surface area contributed by atoms with E-state index < -0.39 is 52.5 Å². The molecule has 0 heterocycles. The molecule has 6 nitrogen and oxygen atoms in total. The molecule has 0 aliphatic heterocycles. The fourth-order valence-corrected chi connectivity index (χ4v) is 7.96. The van der Waals surface area contributed by atoms with E-state index in [9.17, 15) is 24.6 Å². The van der Waals surface area contributed by atoms with Crippen LogP contribution < -0.4 is 0 Å². The van der Waals surface area contributed by atoms with Crippen molar-refractivity contribution in [2.45, 2.75) is 96.4 Å². The smallest absolute Gasteiger partial charge is 0.306 e. The maximum atomic E-state index is 17.4. The zero-order valence-corrected chi connectivity index (χ0v) is 20.7. The number of unbranched alkanes of at least 4 members (excludes halogenated alkanes) is 1. The summed E-state index contributed by atoms with van der Waals surface area (Å²) in [6, 6.07) is 0. The summed E-state index contributed by atoms with van der Waals surface area (Å²) in [6.45, 7) is 6.52. The maximum absolute atomic E-state index is 17.4. The van der Waals surface area contributed by atoms with Gasteiger partial charge >= 0.3 is 5.97 Å². The van der Waals surface area contributed by atoms with Gasteiger partial charge in [-0.25, -0.2) is 4.39 Å². The number of halogens is 1. The molecule has 0 aromatic heterocycles. The van der Waals surface area contributed by atoms with Gasteiger partial charge in [0, 0.05) is 23.2 Å². The number of carbonyl (C=O) groups is 3. The van der Waals surface area contributed by atoms with Gasteiger partial charge in [0.05, 0.1) is 6.10 Å². The number of alkyl halides is 1. The van der Waals surface area contributed by atoms with Crippen molar-refractivity contribution < 1.29 is 33.7 Å². The molecule has 188 valence electrons. The van der Waals surface area contributed by atoms with Crippen molar-refractivity contribution in [1.82, 2.24) is 0 Å². The molecule has 2 N–H and O–H groups in total. The van der Waals surface area contributed by atoms with Crippen molar-refractivity contribution in [3.05, 3.63) is 23.3 Å². The van der Waals surface area contributed by atoms with Gasteiger partial charge in [0.1, 0.15) is 6.61 Å². The Morgan fingerprint density at radius 3 is 2.56 bits per heavy atom. The van der Waals surface area contributed by atoms with Gasteiger partial charge in [-0.2, -0.15) is 0 Å². The van der Waals surface area contributed by atoms with E-state index in [1.165, 1.54) is 12.2 Å². The van der Waals surface area contributed by atoms with E-state index in [0.29, 0.717) is 36.8 Å². The number of ether oxygens (including phenoxy) is 1. The summed E-state index contributed by atoms with van der Waals surface area (Å²) in [4.78, 5) is 38.0. The van der Waals surface area contributed by atoms with Crippen LogP contribution in [-0.2, 0) is 19.1 Å². The molecule has 4 aliphatic rings. The Morgan fingerprint density at radius 2 is 1.91 bits per heavy atom. The lowest BCUT2D eigenvalue weighted by Gasteiger charge is -2.63. The van der Waals surface area contributed by atoms with E-state index in [1.54, 1.807) is 13.8 Å². The first-order chi connectivity index (χ1) is 15.9. The molecule has 3 saturated carbocycles. The Hall–Kier alpha value is -1.86. The Morgan fingerprint density at radius 1 is 1.21 bits per heavy atom. The molecule has 0 bridgehead atoms. The number of fused-ring (bicyclic) bond motifs is 5. The second-order valence-electron chi connectivity index (χ2n) is 11.2. The summed E-state index contributed by atoms with van der Waals surface area (Å²) in [5.74, 6) is -2.14. The summed E-state index contributed by atoms with van der Waals surface area (Å²) in [5, 5.41) is 21.3. The van der Waals surface area contributed by atoms with Gasteiger partial charge in [0.2, 0.25) is 5.78 Å². The van der Waals surface area contributed by atoms with Crippen molar-refractivity contribution in [2.24, 2.45) is 22.7 Å². The number of aliphatic hydroxyl groups excluding tert-OH is 2. The Bertz CT molecular complexity index is 970. The molecule has 0 spiro atoms. The van der Waals surface area contributed by atoms with Crippen LogP contribution in [0.4, 0.5) is 4.39 Å². The minimum atomic E-state index is -2.02. The maximum Gasteiger partial charge on any atom is 0.306 e. The van der Waals surface area contributed by atoms with E-state index in [0.717, 1.165) is 6.42 Å². The lowest BCUT2D eigenvalue weighted by molar-refractivity contribution is -0.226. The first kappa shape index (κ1) is 25.2. The third kappa shape index (κ3) is 3.08. The van der Waals surface area contributed by atoms with E-state index in [2.05, 4.69) is 0 Å². The predicted molar refractivity (Wildman–Crippen MR) is 123 cm³/mol. The summed E-state index contributed by atoms with van der Waals surface area (Å²) >= 11 is 0. The molecule has 3 unspecified atom stereocenters. The Balaban J connectivity index is 1.78. The number of esters is 1. The van der Waals surface area contributed by atoms with Crippen molar-refractivity contribution in [3.63, 3.8) is 0 Å². The van der Waals surface area contributed by atoms with Crippen molar-refractivity contribution in [2.75, 3.05) is 6.61 Å². The first-order valence-corrected chi connectivity index (χ1v) is 12.6. The number of allylic oxidation sites excluding steroid dienone is 4. The second kappa shape index (κ2) is 8.37. The van der Waals surface area contributed by atoms with Crippen LogP contribution in [0.2, 0.25) is 0 Å². The van der Waals surface area contributed by atoms with E-state index in [1.807, 2.05) is 13.8 Å². The van der Waals surface area contributed by atoms with Crippen LogP contribution in [-0.4, -0.2) is 51.7 Å². The van der Waals surface area contributed by atoms with Gasteiger partial charge in [0.15, 0.2) is 17.1 Å². The van der Waals surface area contributed by atoms with Gasteiger partial charge < -0.3 is 14.9 Å². The molecule has 7 atom stereocenters. The normalized spacial score (nSPS) is 43.3. The van der Waals surface area contributed by atoms with Gasteiger partial charge in [-0.1, -0.05) is 31.4 Å². The fourth-order valence-electron chi connectivity index (χ4n) is 7.96. The highest BCUT2D eigenvalue weighted by Gasteiger charge is 2.76. The quantitative estimate of drug-likeness (QED) is 0.566. The lowest BCUT2D eigenvalue weighted by Crippen LogP contribution is -2.70. The Kier molecular flexibility index (Phi) is 6.21. The molecule has 0 aromatic carbocycles. The summed E-state index contributed by atoms with van der Waals surface area (Å²) in [6.07, 6.45) is 4.69. The van der Waals surface area contributed by atoms with Crippen LogP contribution in [0.1, 0.15) is 79.1 Å². The van der Waals surface area contributed by atoms with Crippen LogP contribution in [0.3, 0.4) is 0 Å². The summed E-state index contributed by atoms with van der Waals surface area (Å²) in [5.41, 5.74) is -4.41.